The van der Waals surface area contributed by atoms with Crippen LogP contribution in [0.1, 0.15) is 18.7 Å². The van der Waals surface area contributed by atoms with Gasteiger partial charge in [-0.05, 0) is 44.5 Å². The molecular formula is C18H22N6O. The van der Waals surface area contributed by atoms with Gasteiger partial charge < -0.3 is 15.2 Å². The predicted octanol–water partition coefficient (Wildman–Crippen LogP) is 2.59. The Labute approximate surface area is 146 Å². The minimum absolute atomic E-state index is 0.427. The van der Waals surface area contributed by atoms with Crippen molar-refractivity contribution < 1.29 is 4.52 Å². The molecule has 0 unspecified atom stereocenters. The van der Waals surface area contributed by atoms with Crippen LogP contribution in [0, 0.1) is 5.92 Å². The Morgan fingerprint density at radius 2 is 2.00 bits per heavy atom. The molecule has 0 aliphatic carbocycles. The molecule has 1 fully saturated rings. The number of H-pyrrole nitrogens is 1. The third kappa shape index (κ3) is 3.28. The van der Waals surface area contributed by atoms with E-state index in [1.165, 1.54) is 12.8 Å². The Morgan fingerprint density at radius 1 is 1.24 bits per heavy atom. The van der Waals surface area contributed by atoms with E-state index in [2.05, 4.69) is 32.3 Å². The fraction of sp³-hybridized carbons (Fsp3) is 0.389. The number of anilines is 1. The normalized spacial score (nSPS) is 16.4. The Kier molecular flexibility index (Phi) is 4.23. The molecule has 1 aromatic carbocycles. The van der Waals surface area contributed by atoms with Crippen molar-refractivity contribution >= 4 is 5.82 Å². The van der Waals surface area contributed by atoms with Crippen LogP contribution in [-0.2, 0) is 6.42 Å². The molecule has 0 radical (unpaired) electrons. The zero-order valence-corrected chi connectivity index (χ0v) is 14.3. The lowest BCUT2D eigenvalue weighted by atomic mass is 9.94. The smallest absolute Gasteiger partial charge is 0.276 e. The summed E-state index contributed by atoms with van der Waals surface area (Å²) in [6, 6.07) is 9.86. The van der Waals surface area contributed by atoms with Gasteiger partial charge in [-0.3, -0.25) is 5.10 Å². The monoisotopic (exact) mass is 338 g/mol. The molecule has 4 rings (SSSR count). The molecule has 130 valence electrons. The van der Waals surface area contributed by atoms with Crippen molar-refractivity contribution in [2.45, 2.75) is 19.3 Å². The van der Waals surface area contributed by atoms with Crippen molar-refractivity contribution in [1.82, 2.24) is 25.2 Å². The molecule has 1 aliphatic rings. The highest BCUT2D eigenvalue weighted by Crippen LogP contribution is 2.33. The van der Waals surface area contributed by atoms with Crippen LogP contribution in [0.15, 0.2) is 34.9 Å². The summed E-state index contributed by atoms with van der Waals surface area (Å²) >= 11 is 0. The van der Waals surface area contributed by atoms with Crippen molar-refractivity contribution in [3.63, 3.8) is 0 Å². The van der Waals surface area contributed by atoms with Crippen LogP contribution >= 0.6 is 0 Å². The van der Waals surface area contributed by atoms with Gasteiger partial charge in [-0.15, -0.1) is 0 Å². The number of benzene rings is 1. The molecule has 25 heavy (non-hydrogen) atoms. The van der Waals surface area contributed by atoms with Gasteiger partial charge in [-0.2, -0.15) is 10.1 Å². The van der Waals surface area contributed by atoms with Crippen LogP contribution in [-0.4, -0.2) is 45.4 Å². The van der Waals surface area contributed by atoms with Crippen molar-refractivity contribution in [2.75, 3.05) is 25.9 Å². The summed E-state index contributed by atoms with van der Waals surface area (Å²) in [5.74, 6) is 2.22. The molecule has 3 heterocycles. The van der Waals surface area contributed by atoms with Crippen LogP contribution in [0.3, 0.4) is 0 Å². The highest BCUT2D eigenvalue weighted by molar-refractivity contribution is 5.85. The summed E-state index contributed by atoms with van der Waals surface area (Å²) in [5.41, 5.74) is 8.49. The van der Waals surface area contributed by atoms with E-state index in [1.807, 2.05) is 30.3 Å². The van der Waals surface area contributed by atoms with Crippen LogP contribution in [0.2, 0.25) is 0 Å². The number of likely N-dealkylation sites (tertiary alicyclic amines) is 1. The van der Waals surface area contributed by atoms with Crippen molar-refractivity contribution in [2.24, 2.45) is 5.92 Å². The number of rotatable bonds is 4. The molecule has 0 saturated carbocycles. The summed E-state index contributed by atoms with van der Waals surface area (Å²) in [7, 11) is 2.16. The maximum absolute atomic E-state index is 6.04. The SMILES string of the molecule is CN1CCC(Cc2noc(-c3[nH]nc(N)c3-c3ccccc3)n2)CC1. The van der Waals surface area contributed by atoms with E-state index in [-0.39, 0.29) is 0 Å². The van der Waals surface area contributed by atoms with Gasteiger partial charge >= 0.3 is 0 Å². The number of hydrogen-bond donors (Lipinski definition) is 2. The fourth-order valence-corrected chi connectivity index (χ4v) is 3.37. The first-order valence-electron chi connectivity index (χ1n) is 8.61. The Bertz CT molecular complexity index is 832. The Hall–Kier alpha value is -2.67. The number of aromatic nitrogens is 4. The largest absolute Gasteiger partial charge is 0.382 e. The minimum atomic E-state index is 0.427. The lowest BCUT2D eigenvalue weighted by molar-refractivity contribution is 0.216. The molecule has 2 aromatic heterocycles. The molecule has 3 N–H and O–H groups in total. The topological polar surface area (TPSA) is 96.9 Å². The molecule has 1 saturated heterocycles. The van der Waals surface area contributed by atoms with E-state index >= 15 is 0 Å². The number of aromatic amines is 1. The maximum Gasteiger partial charge on any atom is 0.276 e. The molecule has 0 atom stereocenters. The second kappa shape index (κ2) is 6.68. The van der Waals surface area contributed by atoms with Crippen molar-refractivity contribution in [3.05, 3.63) is 36.2 Å². The highest BCUT2D eigenvalue weighted by Gasteiger charge is 2.22. The first kappa shape index (κ1) is 15.8. The van der Waals surface area contributed by atoms with Crippen molar-refractivity contribution in [1.29, 1.82) is 0 Å². The number of nitrogens with zero attached hydrogens (tertiary/aromatic N) is 4. The van der Waals surface area contributed by atoms with Gasteiger partial charge in [0.2, 0.25) is 0 Å². The molecule has 0 bridgehead atoms. The summed E-state index contributed by atoms with van der Waals surface area (Å²) < 4.78 is 5.49. The quantitative estimate of drug-likeness (QED) is 0.759. The minimum Gasteiger partial charge on any atom is -0.382 e. The molecular weight excluding hydrogens is 316 g/mol. The predicted molar refractivity (Wildman–Crippen MR) is 95.7 cm³/mol. The average molecular weight is 338 g/mol. The first-order chi connectivity index (χ1) is 12.2. The lowest BCUT2D eigenvalue weighted by Crippen LogP contribution is -2.31. The van der Waals surface area contributed by atoms with E-state index in [4.69, 9.17) is 10.3 Å². The number of nitrogens with two attached hydrogens (primary N) is 1. The van der Waals surface area contributed by atoms with Crippen molar-refractivity contribution in [3.8, 4) is 22.7 Å². The van der Waals surface area contributed by atoms with E-state index in [0.717, 1.165) is 36.5 Å². The summed E-state index contributed by atoms with van der Waals surface area (Å²) in [5, 5.41) is 11.2. The fourth-order valence-electron chi connectivity index (χ4n) is 3.37. The third-order valence-electron chi connectivity index (χ3n) is 4.85. The van der Waals surface area contributed by atoms with E-state index in [1.54, 1.807) is 0 Å². The lowest BCUT2D eigenvalue weighted by Gasteiger charge is -2.27. The summed E-state index contributed by atoms with van der Waals surface area (Å²) in [6.07, 6.45) is 3.20. The summed E-state index contributed by atoms with van der Waals surface area (Å²) in [4.78, 5) is 6.93. The molecule has 3 aromatic rings. The zero-order valence-electron chi connectivity index (χ0n) is 14.3. The maximum atomic E-state index is 6.04. The zero-order chi connectivity index (χ0) is 17.2. The third-order valence-corrected chi connectivity index (χ3v) is 4.85. The molecule has 7 nitrogen and oxygen atoms in total. The van der Waals surface area contributed by atoms with Gasteiger partial charge in [-0.25, -0.2) is 0 Å². The van der Waals surface area contributed by atoms with Gasteiger partial charge in [0.05, 0.1) is 5.56 Å². The van der Waals surface area contributed by atoms with Crippen LogP contribution in [0.25, 0.3) is 22.7 Å². The van der Waals surface area contributed by atoms with Gasteiger partial charge in [0, 0.05) is 6.42 Å². The number of piperidine rings is 1. The number of nitrogen functional groups attached to an aromatic ring is 1. The first-order valence-corrected chi connectivity index (χ1v) is 8.61. The van der Waals surface area contributed by atoms with Gasteiger partial charge in [0.1, 0.15) is 5.69 Å². The number of nitrogens with one attached hydrogen (secondary N) is 1. The second-order valence-electron chi connectivity index (χ2n) is 6.69. The Balaban J connectivity index is 1.57. The Morgan fingerprint density at radius 3 is 2.76 bits per heavy atom. The molecule has 7 heteroatoms. The average Bonchev–Trinajstić information content (AvgIpc) is 3.24. The molecule has 0 spiro atoms. The highest BCUT2D eigenvalue weighted by atomic mass is 16.5. The molecule has 0 amide bonds. The second-order valence-corrected chi connectivity index (χ2v) is 6.69. The van der Waals surface area contributed by atoms with Gasteiger partial charge in [0.15, 0.2) is 11.6 Å². The van der Waals surface area contributed by atoms with E-state index in [0.29, 0.717) is 23.3 Å². The van der Waals surface area contributed by atoms with Crippen LogP contribution < -0.4 is 5.73 Å². The van der Waals surface area contributed by atoms with Crippen LogP contribution in [0.5, 0.6) is 0 Å². The van der Waals surface area contributed by atoms with Gasteiger partial charge in [0.25, 0.3) is 5.89 Å². The standard InChI is InChI=1S/C18H22N6O/c1-24-9-7-12(8-10-24)11-14-20-18(25-23-14)16-15(17(19)22-21-16)13-5-3-2-4-6-13/h2-6,12H,7-11H2,1H3,(H3,19,21,22). The van der Waals surface area contributed by atoms with Crippen LogP contribution in [0.4, 0.5) is 5.82 Å². The summed E-state index contributed by atoms with van der Waals surface area (Å²) in [6.45, 7) is 2.26. The van der Waals surface area contributed by atoms with E-state index in [9.17, 15) is 0 Å². The molecule has 1 aliphatic heterocycles. The number of hydrogen-bond acceptors (Lipinski definition) is 6. The van der Waals surface area contributed by atoms with E-state index < -0.39 is 0 Å². The van der Waals surface area contributed by atoms with Gasteiger partial charge in [-0.1, -0.05) is 35.5 Å².